The first-order chi connectivity index (χ1) is 9.41. The van der Waals surface area contributed by atoms with Crippen LogP contribution in [0.5, 0.6) is 0 Å². The van der Waals surface area contributed by atoms with Crippen LogP contribution in [0.25, 0.3) is 0 Å². The Hall–Kier alpha value is -0.320. The fourth-order valence-corrected chi connectivity index (χ4v) is 3.04. The van der Waals surface area contributed by atoms with Crippen molar-refractivity contribution in [1.82, 2.24) is 4.90 Å². The van der Waals surface area contributed by atoms with E-state index < -0.39 is 0 Å². The number of likely N-dealkylation sites (tertiary alicyclic amines) is 1. The molecule has 4 nitrogen and oxygen atoms in total. The lowest BCUT2D eigenvalue weighted by molar-refractivity contribution is -0.136. The van der Waals surface area contributed by atoms with E-state index in [1.54, 1.807) is 0 Å². The van der Waals surface area contributed by atoms with Gasteiger partial charge in [-0.1, -0.05) is 13.8 Å². The number of carbonyl (C=O) groups excluding carboxylic acids is 1. The molecular weight excluding hydrogens is 288 g/mol. The van der Waals surface area contributed by atoms with E-state index in [-0.39, 0.29) is 36.5 Å². The third-order valence-electron chi connectivity index (χ3n) is 4.00. The summed E-state index contributed by atoms with van der Waals surface area (Å²) in [4.78, 5) is 14.3. The Labute approximate surface area is 136 Å². The molecule has 1 aliphatic heterocycles. The van der Waals surface area contributed by atoms with Crippen LogP contribution in [0.15, 0.2) is 0 Å². The predicted octanol–water partition coefficient (Wildman–Crippen LogP) is 2.98. The quantitative estimate of drug-likeness (QED) is 0.784. The molecule has 21 heavy (non-hydrogen) atoms. The summed E-state index contributed by atoms with van der Waals surface area (Å²) in [6, 6.07) is 0.268. The summed E-state index contributed by atoms with van der Waals surface area (Å²) >= 11 is 0. The van der Waals surface area contributed by atoms with Gasteiger partial charge in [0.15, 0.2) is 0 Å². The molecule has 0 aromatic carbocycles. The fraction of sp³-hybridized carbons (Fsp3) is 0.938. The van der Waals surface area contributed by atoms with Crippen LogP contribution in [0.1, 0.15) is 59.8 Å². The second-order valence-electron chi connectivity index (χ2n) is 6.57. The number of nitrogens with zero attached hydrogens (tertiary/aromatic N) is 1. The molecule has 0 bridgehead atoms. The monoisotopic (exact) mass is 320 g/mol. The van der Waals surface area contributed by atoms with Crippen molar-refractivity contribution in [3.8, 4) is 0 Å². The minimum atomic E-state index is 0. The molecule has 1 fully saturated rings. The van der Waals surface area contributed by atoms with Crippen molar-refractivity contribution in [2.75, 3.05) is 13.2 Å². The van der Waals surface area contributed by atoms with Crippen LogP contribution in [0.3, 0.4) is 0 Å². The summed E-state index contributed by atoms with van der Waals surface area (Å²) in [5.41, 5.74) is 6.00. The zero-order chi connectivity index (χ0) is 15.1. The molecule has 1 rings (SSSR count). The highest BCUT2D eigenvalue weighted by molar-refractivity contribution is 5.85. The number of rotatable bonds is 7. The van der Waals surface area contributed by atoms with Gasteiger partial charge in [0.2, 0.25) is 5.91 Å². The van der Waals surface area contributed by atoms with E-state index in [4.69, 9.17) is 10.5 Å². The van der Waals surface area contributed by atoms with Crippen LogP contribution in [0.4, 0.5) is 0 Å². The minimum Gasteiger partial charge on any atom is -0.378 e. The van der Waals surface area contributed by atoms with E-state index in [2.05, 4.69) is 20.8 Å². The second-order valence-corrected chi connectivity index (χ2v) is 6.57. The molecule has 0 aliphatic carbocycles. The molecule has 3 unspecified atom stereocenters. The topological polar surface area (TPSA) is 55.6 Å². The van der Waals surface area contributed by atoms with Gasteiger partial charge in [-0.25, -0.2) is 0 Å². The molecule has 126 valence electrons. The van der Waals surface area contributed by atoms with Crippen molar-refractivity contribution >= 4 is 18.3 Å². The van der Waals surface area contributed by atoms with Crippen molar-refractivity contribution in [3.05, 3.63) is 0 Å². The largest absolute Gasteiger partial charge is 0.378 e. The van der Waals surface area contributed by atoms with Crippen molar-refractivity contribution in [2.45, 2.75) is 78.0 Å². The molecule has 0 aromatic heterocycles. The number of hydrogen-bond donors (Lipinski definition) is 1. The molecule has 5 heteroatoms. The summed E-state index contributed by atoms with van der Waals surface area (Å²) in [7, 11) is 0. The Bertz CT molecular complexity index is 298. The minimum absolute atomic E-state index is 0. The zero-order valence-electron chi connectivity index (χ0n) is 14.0. The summed E-state index contributed by atoms with van der Waals surface area (Å²) in [6.07, 6.45) is 5.06. The average Bonchev–Trinajstić information content (AvgIpc) is 2.37. The molecule has 1 saturated heterocycles. The van der Waals surface area contributed by atoms with Crippen molar-refractivity contribution in [1.29, 1.82) is 0 Å². The van der Waals surface area contributed by atoms with Crippen molar-refractivity contribution in [2.24, 2.45) is 11.7 Å². The van der Waals surface area contributed by atoms with E-state index in [9.17, 15) is 4.79 Å². The van der Waals surface area contributed by atoms with Gasteiger partial charge in [-0.3, -0.25) is 4.79 Å². The lowest BCUT2D eigenvalue weighted by Gasteiger charge is -2.38. The van der Waals surface area contributed by atoms with Crippen molar-refractivity contribution in [3.63, 3.8) is 0 Å². The molecule has 1 aliphatic rings. The van der Waals surface area contributed by atoms with Crippen LogP contribution in [0, 0.1) is 5.92 Å². The summed E-state index contributed by atoms with van der Waals surface area (Å²) in [5, 5.41) is 0. The van der Waals surface area contributed by atoms with Crippen LogP contribution in [-0.4, -0.2) is 42.1 Å². The van der Waals surface area contributed by atoms with Gasteiger partial charge >= 0.3 is 0 Å². The van der Waals surface area contributed by atoms with Gasteiger partial charge in [0.25, 0.3) is 0 Å². The number of piperidine rings is 1. The SMILES string of the molecule is CC(C)CC(C)OCCC(=O)N1CCCCC1C(C)N.Cl. The second kappa shape index (κ2) is 10.4. The normalized spacial score (nSPS) is 21.8. The van der Waals surface area contributed by atoms with E-state index in [1.807, 2.05) is 11.8 Å². The number of halogens is 1. The lowest BCUT2D eigenvalue weighted by atomic mass is 9.96. The van der Waals surface area contributed by atoms with Crippen LogP contribution in [0.2, 0.25) is 0 Å². The molecule has 0 radical (unpaired) electrons. The number of carbonyl (C=O) groups is 1. The van der Waals surface area contributed by atoms with Crippen LogP contribution in [-0.2, 0) is 9.53 Å². The standard InChI is InChI=1S/C16H32N2O2.ClH/c1-12(2)11-13(3)20-10-8-16(19)18-9-6-5-7-15(18)14(4)17;/h12-15H,5-11,17H2,1-4H3;1H. The van der Waals surface area contributed by atoms with E-state index in [1.165, 1.54) is 6.42 Å². The number of nitrogens with two attached hydrogens (primary N) is 1. The molecule has 1 amide bonds. The molecule has 2 N–H and O–H groups in total. The van der Waals surface area contributed by atoms with Gasteiger partial charge in [0, 0.05) is 18.6 Å². The Morgan fingerprint density at radius 2 is 1.95 bits per heavy atom. The summed E-state index contributed by atoms with van der Waals surface area (Å²) in [5.74, 6) is 0.828. The number of hydrogen-bond acceptors (Lipinski definition) is 3. The average molecular weight is 321 g/mol. The van der Waals surface area contributed by atoms with E-state index in [0.717, 1.165) is 25.8 Å². The first-order valence-corrected chi connectivity index (χ1v) is 8.08. The van der Waals surface area contributed by atoms with E-state index >= 15 is 0 Å². The molecule has 0 saturated carbocycles. The van der Waals surface area contributed by atoms with Crippen molar-refractivity contribution < 1.29 is 9.53 Å². The highest BCUT2D eigenvalue weighted by Gasteiger charge is 2.28. The first kappa shape index (κ1) is 20.7. The van der Waals surface area contributed by atoms with Crippen LogP contribution >= 0.6 is 12.4 Å². The Morgan fingerprint density at radius 1 is 1.29 bits per heavy atom. The van der Waals surface area contributed by atoms with E-state index in [0.29, 0.717) is 18.9 Å². The van der Waals surface area contributed by atoms with Crippen LogP contribution < -0.4 is 5.73 Å². The molecule has 3 atom stereocenters. The van der Waals surface area contributed by atoms with Gasteiger partial charge in [-0.15, -0.1) is 12.4 Å². The molecular formula is C16H33ClN2O2. The first-order valence-electron chi connectivity index (χ1n) is 8.08. The maximum Gasteiger partial charge on any atom is 0.225 e. The summed E-state index contributed by atoms with van der Waals surface area (Å²) < 4.78 is 5.73. The van der Waals surface area contributed by atoms with Gasteiger partial charge < -0.3 is 15.4 Å². The summed E-state index contributed by atoms with van der Waals surface area (Å²) in [6.45, 7) is 9.83. The Morgan fingerprint density at radius 3 is 2.52 bits per heavy atom. The fourth-order valence-electron chi connectivity index (χ4n) is 3.04. The maximum atomic E-state index is 12.3. The number of ether oxygens (including phenoxy) is 1. The lowest BCUT2D eigenvalue weighted by Crippen LogP contribution is -2.51. The molecule has 0 spiro atoms. The highest BCUT2D eigenvalue weighted by atomic mass is 35.5. The smallest absolute Gasteiger partial charge is 0.225 e. The van der Waals surface area contributed by atoms with Gasteiger partial charge in [0.05, 0.1) is 19.1 Å². The number of amides is 1. The third-order valence-corrected chi connectivity index (χ3v) is 4.00. The van der Waals surface area contributed by atoms with Gasteiger partial charge in [-0.2, -0.15) is 0 Å². The maximum absolute atomic E-state index is 12.3. The Balaban J connectivity index is 0.00000400. The predicted molar refractivity (Wildman–Crippen MR) is 89.7 cm³/mol. The zero-order valence-corrected chi connectivity index (χ0v) is 14.8. The Kier molecular flexibility index (Phi) is 10.3. The van der Waals surface area contributed by atoms with Gasteiger partial charge in [-0.05, 0) is 45.4 Å². The third kappa shape index (κ3) is 7.48. The molecule has 1 heterocycles. The van der Waals surface area contributed by atoms with Gasteiger partial charge in [0.1, 0.15) is 0 Å². The highest BCUT2D eigenvalue weighted by Crippen LogP contribution is 2.20. The molecule has 0 aromatic rings.